The lowest BCUT2D eigenvalue weighted by Crippen LogP contribution is -2.49. The zero-order chi connectivity index (χ0) is 14.3. The average Bonchev–Trinajstić information content (AvgIpc) is 3.08. The highest BCUT2D eigenvalue weighted by atomic mass is 32.2. The Labute approximate surface area is 121 Å². The standard InChI is InChI=1S/C12H16N2O4S2/c15-12(16)11-9-4-8-19-10(9)3-7-14(11)20(17,18)13-5-1-2-6-13/h4,8,11H,1-3,5-7H2,(H,15,16). The maximum Gasteiger partial charge on any atom is 0.326 e. The highest BCUT2D eigenvalue weighted by Crippen LogP contribution is 2.36. The molecule has 2 aliphatic heterocycles. The van der Waals surface area contributed by atoms with E-state index in [4.69, 9.17) is 0 Å². The Balaban J connectivity index is 1.99. The van der Waals surface area contributed by atoms with Gasteiger partial charge in [0.05, 0.1) is 0 Å². The lowest BCUT2D eigenvalue weighted by Gasteiger charge is -2.34. The molecule has 6 nitrogen and oxygen atoms in total. The van der Waals surface area contributed by atoms with Crippen molar-refractivity contribution in [3.8, 4) is 0 Å². The normalized spacial score (nSPS) is 24.7. The van der Waals surface area contributed by atoms with Gasteiger partial charge < -0.3 is 5.11 Å². The van der Waals surface area contributed by atoms with Gasteiger partial charge in [-0.3, -0.25) is 4.79 Å². The van der Waals surface area contributed by atoms with Crippen LogP contribution < -0.4 is 0 Å². The fourth-order valence-electron chi connectivity index (χ4n) is 2.87. The number of hydrogen-bond acceptors (Lipinski definition) is 4. The second-order valence-corrected chi connectivity index (χ2v) is 7.90. The van der Waals surface area contributed by atoms with Crippen LogP contribution in [0.3, 0.4) is 0 Å². The van der Waals surface area contributed by atoms with Gasteiger partial charge in [-0.25, -0.2) is 0 Å². The first kappa shape index (κ1) is 14.0. The van der Waals surface area contributed by atoms with Gasteiger partial charge in [0, 0.05) is 24.5 Å². The van der Waals surface area contributed by atoms with Crippen LogP contribution in [0, 0.1) is 0 Å². The Hall–Kier alpha value is -0.960. The molecule has 2 aliphatic rings. The zero-order valence-corrected chi connectivity index (χ0v) is 12.5. The van der Waals surface area contributed by atoms with Crippen LogP contribution in [0.2, 0.25) is 0 Å². The minimum absolute atomic E-state index is 0.239. The molecule has 1 N–H and O–H groups in total. The molecule has 110 valence electrons. The third-order valence-corrected chi connectivity index (χ3v) is 6.84. The van der Waals surface area contributed by atoms with Crippen LogP contribution in [0.15, 0.2) is 11.4 Å². The number of hydrogen-bond donors (Lipinski definition) is 1. The molecule has 1 aromatic rings. The fourth-order valence-corrected chi connectivity index (χ4v) is 5.58. The third kappa shape index (κ3) is 2.16. The van der Waals surface area contributed by atoms with E-state index in [1.807, 2.05) is 5.38 Å². The molecule has 0 spiro atoms. The largest absolute Gasteiger partial charge is 0.480 e. The summed E-state index contributed by atoms with van der Waals surface area (Å²) in [7, 11) is -3.69. The molecule has 3 rings (SSSR count). The summed E-state index contributed by atoms with van der Waals surface area (Å²) in [6.07, 6.45) is 2.27. The number of fused-ring (bicyclic) bond motifs is 1. The summed E-state index contributed by atoms with van der Waals surface area (Å²) in [5.41, 5.74) is 0.622. The summed E-state index contributed by atoms with van der Waals surface area (Å²) in [5.74, 6) is -1.10. The van der Waals surface area contributed by atoms with Crippen molar-refractivity contribution in [2.75, 3.05) is 19.6 Å². The van der Waals surface area contributed by atoms with Crippen LogP contribution >= 0.6 is 11.3 Å². The molecular weight excluding hydrogens is 300 g/mol. The topological polar surface area (TPSA) is 77.9 Å². The van der Waals surface area contributed by atoms with Crippen molar-refractivity contribution < 1.29 is 18.3 Å². The van der Waals surface area contributed by atoms with Crippen molar-refractivity contribution in [3.05, 3.63) is 21.9 Å². The predicted molar refractivity (Wildman–Crippen MR) is 74.8 cm³/mol. The van der Waals surface area contributed by atoms with Gasteiger partial charge >= 0.3 is 5.97 Å². The van der Waals surface area contributed by atoms with Crippen molar-refractivity contribution in [1.82, 2.24) is 8.61 Å². The summed E-state index contributed by atoms with van der Waals surface area (Å²) in [6.45, 7) is 1.21. The van der Waals surface area contributed by atoms with Crippen molar-refractivity contribution in [1.29, 1.82) is 0 Å². The van der Waals surface area contributed by atoms with Gasteiger partial charge in [-0.15, -0.1) is 11.3 Å². The highest BCUT2D eigenvalue weighted by molar-refractivity contribution is 7.86. The molecule has 0 radical (unpaired) electrons. The van der Waals surface area contributed by atoms with Crippen molar-refractivity contribution in [2.45, 2.75) is 25.3 Å². The fraction of sp³-hybridized carbons (Fsp3) is 0.583. The molecule has 0 saturated carbocycles. The summed E-state index contributed by atoms with van der Waals surface area (Å²) in [5, 5.41) is 11.3. The molecule has 1 unspecified atom stereocenters. The van der Waals surface area contributed by atoms with Crippen LogP contribution in [-0.2, 0) is 21.4 Å². The smallest absolute Gasteiger partial charge is 0.326 e. The highest BCUT2D eigenvalue weighted by Gasteiger charge is 2.43. The molecule has 0 bridgehead atoms. The van der Waals surface area contributed by atoms with E-state index < -0.39 is 22.2 Å². The Kier molecular flexibility index (Phi) is 3.57. The van der Waals surface area contributed by atoms with Crippen LogP contribution in [-0.4, -0.2) is 47.7 Å². The van der Waals surface area contributed by atoms with Gasteiger partial charge in [0.1, 0.15) is 6.04 Å². The van der Waals surface area contributed by atoms with Gasteiger partial charge in [0.25, 0.3) is 10.2 Å². The van der Waals surface area contributed by atoms with E-state index in [-0.39, 0.29) is 6.54 Å². The SMILES string of the molecule is O=C(O)C1c2ccsc2CCN1S(=O)(=O)N1CCCC1. The molecule has 0 aromatic carbocycles. The first-order valence-electron chi connectivity index (χ1n) is 6.58. The number of carboxylic acids is 1. The van der Waals surface area contributed by atoms with Gasteiger partial charge in [0.2, 0.25) is 0 Å². The monoisotopic (exact) mass is 316 g/mol. The van der Waals surface area contributed by atoms with Gasteiger partial charge in [0.15, 0.2) is 0 Å². The lowest BCUT2D eigenvalue weighted by atomic mass is 10.0. The van der Waals surface area contributed by atoms with E-state index in [1.165, 1.54) is 15.6 Å². The Bertz CT molecular complexity index is 619. The Morgan fingerprint density at radius 1 is 1.30 bits per heavy atom. The maximum absolute atomic E-state index is 12.6. The quantitative estimate of drug-likeness (QED) is 0.905. The van der Waals surface area contributed by atoms with E-state index in [9.17, 15) is 18.3 Å². The van der Waals surface area contributed by atoms with E-state index in [2.05, 4.69) is 0 Å². The molecule has 20 heavy (non-hydrogen) atoms. The molecule has 3 heterocycles. The lowest BCUT2D eigenvalue weighted by molar-refractivity contribution is -0.142. The minimum atomic E-state index is -3.69. The molecule has 1 atom stereocenters. The van der Waals surface area contributed by atoms with Crippen LogP contribution in [0.5, 0.6) is 0 Å². The number of aliphatic carboxylic acids is 1. The van der Waals surface area contributed by atoms with E-state index in [0.29, 0.717) is 25.1 Å². The van der Waals surface area contributed by atoms with Gasteiger partial charge in [-0.1, -0.05) is 0 Å². The van der Waals surface area contributed by atoms with Crippen molar-refractivity contribution in [3.63, 3.8) is 0 Å². The first-order chi connectivity index (χ1) is 9.51. The molecular formula is C12H16N2O4S2. The summed E-state index contributed by atoms with van der Waals surface area (Å²) < 4.78 is 27.8. The number of nitrogens with zero attached hydrogens (tertiary/aromatic N) is 2. The Morgan fingerprint density at radius 2 is 2.00 bits per heavy atom. The number of thiophene rings is 1. The van der Waals surface area contributed by atoms with Crippen molar-refractivity contribution >= 4 is 27.5 Å². The molecule has 1 fully saturated rings. The Morgan fingerprint density at radius 3 is 2.65 bits per heavy atom. The predicted octanol–water partition coefficient (Wildman–Crippen LogP) is 1.07. The number of carbonyl (C=O) groups is 1. The average molecular weight is 316 g/mol. The number of carboxylic acid groups (broad SMARTS) is 1. The summed E-state index contributed by atoms with van der Waals surface area (Å²) >= 11 is 1.49. The second kappa shape index (κ2) is 5.10. The maximum atomic E-state index is 12.6. The van der Waals surface area contributed by atoms with Crippen LogP contribution in [0.25, 0.3) is 0 Å². The molecule has 0 amide bonds. The molecule has 1 aromatic heterocycles. The van der Waals surface area contributed by atoms with Crippen LogP contribution in [0.1, 0.15) is 29.3 Å². The van der Waals surface area contributed by atoms with Gasteiger partial charge in [-0.2, -0.15) is 17.0 Å². The van der Waals surface area contributed by atoms with E-state index in [0.717, 1.165) is 22.0 Å². The molecule has 1 saturated heterocycles. The summed E-state index contributed by atoms with van der Waals surface area (Å²) in [4.78, 5) is 12.5. The summed E-state index contributed by atoms with van der Waals surface area (Å²) in [6, 6.07) is 0.639. The third-order valence-electron chi connectivity index (χ3n) is 3.84. The number of rotatable bonds is 3. The van der Waals surface area contributed by atoms with Crippen molar-refractivity contribution in [2.24, 2.45) is 0 Å². The minimum Gasteiger partial charge on any atom is -0.480 e. The first-order valence-corrected chi connectivity index (χ1v) is 8.85. The molecule has 0 aliphatic carbocycles. The van der Waals surface area contributed by atoms with E-state index >= 15 is 0 Å². The second-order valence-electron chi connectivity index (χ2n) is 5.01. The van der Waals surface area contributed by atoms with Crippen LogP contribution in [0.4, 0.5) is 0 Å². The van der Waals surface area contributed by atoms with Gasteiger partial charge in [-0.05, 0) is 36.3 Å². The van der Waals surface area contributed by atoms with E-state index in [1.54, 1.807) is 6.07 Å². The zero-order valence-electron chi connectivity index (χ0n) is 10.9. The molecule has 8 heteroatoms.